The Labute approximate surface area is 101 Å². The van der Waals surface area contributed by atoms with Gasteiger partial charge in [-0.15, -0.1) is 6.58 Å². The summed E-state index contributed by atoms with van der Waals surface area (Å²) in [7, 11) is 0. The molecule has 0 saturated carbocycles. The number of aromatic nitrogens is 1. The minimum Gasteiger partial charge on any atom is -0.292 e. The maximum atomic E-state index is 11.7. The first-order valence-corrected chi connectivity index (χ1v) is 5.87. The van der Waals surface area contributed by atoms with Gasteiger partial charge >= 0.3 is 0 Å². The highest BCUT2D eigenvalue weighted by molar-refractivity contribution is 6.30. The van der Waals surface area contributed by atoms with Crippen LogP contribution in [0.5, 0.6) is 0 Å². The van der Waals surface area contributed by atoms with Crippen LogP contribution in [0.4, 0.5) is 0 Å². The zero-order valence-electron chi connectivity index (χ0n) is 9.29. The van der Waals surface area contributed by atoms with Gasteiger partial charge in [-0.25, -0.2) is 0 Å². The molecule has 0 spiro atoms. The molecule has 0 aliphatic heterocycles. The number of allylic oxidation sites excluding steroid dienone is 1. The summed E-state index contributed by atoms with van der Waals surface area (Å²) in [4.78, 5) is 15.7. The third-order valence-electron chi connectivity index (χ3n) is 2.33. The summed E-state index contributed by atoms with van der Waals surface area (Å²) in [5.74, 6) is 0.0928. The van der Waals surface area contributed by atoms with E-state index < -0.39 is 0 Å². The van der Waals surface area contributed by atoms with Gasteiger partial charge in [-0.1, -0.05) is 24.1 Å². The van der Waals surface area contributed by atoms with Gasteiger partial charge in [0.25, 0.3) is 0 Å². The van der Waals surface area contributed by atoms with Crippen LogP contribution in [0.1, 0.15) is 42.6 Å². The average molecular weight is 238 g/mol. The Morgan fingerprint density at radius 3 is 2.81 bits per heavy atom. The van der Waals surface area contributed by atoms with Crippen LogP contribution in [0.15, 0.2) is 31.0 Å². The van der Waals surface area contributed by atoms with E-state index in [9.17, 15) is 4.79 Å². The third-order valence-corrected chi connectivity index (χ3v) is 2.55. The SMILES string of the molecule is C=CCCCCCC(=O)c1ccc(Cl)cn1. The predicted octanol–water partition coefficient (Wildman–Crippen LogP) is 4.05. The number of carbonyl (C=O) groups excluding carboxylic acids is 1. The fourth-order valence-corrected chi connectivity index (χ4v) is 1.53. The maximum absolute atomic E-state index is 11.7. The molecule has 0 aromatic carbocycles. The van der Waals surface area contributed by atoms with Crippen molar-refractivity contribution in [1.29, 1.82) is 0 Å². The van der Waals surface area contributed by atoms with Crippen molar-refractivity contribution < 1.29 is 4.79 Å². The van der Waals surface area contributed by atoms with Crippen molar-refractivity contribution in [2.24, 2.45) is 0 Å². The standard InChI is InChI=1S/C13H16ClNO/c1-2-3-4-5-6-7-13(16)12-9-8-11(14)10-15-12/h2,8-10H,1,3-7H2. The van der Waals surface area contributed by atoms with Crippen molar-refractivity contribution >= 4 is 17.4 Å². The quantitative estimate of drug-likeness (QED) is 0.407. The molecule has 0 fully saturated rings. The summed E-state index contributed by atoms with van der Waals surface area (Å²) in [5, 5.41) is 0.558. The van der Waals surface area contributed by atoms with E-state index in [4.69, 9.17) is 11.6 Å². The lowest BCUT2D eigenvalue weighted by molar-refractivity contribution is 0.0974. The number of ketones is 1. The predicted molar refractivity (Wildman–Crippen MR) is 66.9 cm³/mol. The molecule has 0 atom stereocenters. The second kappa shape index (κ2) is 7.18. The minimum absolute atomic E-state index is 0.0928. The lowest BCUT2D eigenvalue weighted by Gasteiger charge is -2.00. The second-order valence-electron chi connectivity index (χ2n) is 3.67. The van der Waals surface area contributed by atoms with Gasteiger partial charge in [-0.3, -0.25) is 9.78 Å². The molecule has 0 radical (unpaired) electrons. The van der Waals surface area contributed by atoms with Crippen LogP contribution in [-0.4, -0.2) is 10.8 Å². The Bertz CT molecular complexity index is 345. The van der Waals surface area contributed by atoms with E-state index in [-0.39, 0.29) is 5.78 Å². The molecule has 1 aromatic heterocycles. The molecule has 0 aliphatic carbocycles. The minimum atomic E-state index is 0.0928. The fraction of sp³-hybridized carbons (Fsp3) is 0.385. The molecular weight excluding hydrogens is 222 g/mol. The first-order valence-electron chi connectivity index (χ1n) is 5.49. The monoisotopic (exact) mass is 237 g/mol. The van der Waals surface area contributed by atoms with Crippen molar-refractivity contribution in [3.8, 4) is 0 Å². The fourth-order valence-electron chi connectivity index (χ4n) is 1.42. The lowest BCUT2D eigenvalue weighted by atomic mass is 10.1. The lowest BCUT2D eigenvalue weighted by Crippen LogP contribution is -2.01. The molecule has 0 unspecified atom stereocenters. The Balaban J connectivity index is 2.29. The molecule has 0 saturated heterocycles. The van der Waals surface area contributed by atoms with Gasteiger partial charge in [0, 0.05) is 12.6 Å². The summed E-state index contributed by atoms with van der Waals surface area (Å²) in [6.45, 7) is 3.66. The van der Waals surface area contributed by atoms with Crippen LogP contribution in [0, 0.1) is 0 Å². The van der Waals surface area contributed by atoms with Gasteiger partial charge in [-0.05, 0) is 31.4 Å². The van der Waals surface area contributed by atoms with E-state index in [0.29, 0.717) is 17.1 Å². The summed E-state index contributed by atoms with van der Waals surface area (Å²) in [6, 6.07) is 3.37. The number of pyridine rings is 1. The molecular formula is C13H16ClNO. The topological polar surface area (TPSA) is 30.0 Å². The van der Waals surface area contributed by atoms with Crippen LogP contribution >= 0.6 is 11.6 Å². The summed E-state index contributed by atoms with van der Waals surface area (Å²) < 4.78 is 0. The van der Waals surface area contributed by atoms with Crippen molar-refractivity contribution in [3.05, 3.63) is 41.7 Å². The number of Topliss-reactive ketones (excluding diaryl/α,β-unsaturated/α-hetero) is 1. The van der Waals surface area contributed by atoms with Crippen molar-refractivity contribution in [2.45, 2.75) is 32.1 Å². The number of unbranched alkanes of at least 4 members (excludes halogenated alkanes) is 3. The van der Waals surface area contributed by atoms with Crippen LogP contribution in [0.25, 0.3) is 0 Å². The van der Waals surface area contributed by atoms with Crippen molar-refractivity contribution in [1.82, 2.24) is 4.98 Å². The Morgan fingerprint density at radius 1 is 1.38 bits per heavy atom. The highest BCUT2D eigenvalue weighted by Gasteiger charge is 2.06. The number of hydrogen-bond acceptors (Lipinski definition) is 2. The third kappa shape index (κ3) is 4.58. The normalized spacial score (nSPS) is 10.1. The Hall–Kier alpha value is -1.15. The van der Waals surface area contributed by atoms with Crippen LogP contribution in [-0.2, 0) is 0 Å². The van der Waals surface area contributed by atoms with Crippen LogP contribution in [0.2, 0.25) is 5.02 Å². The number of carbonyl (C=O) groups is 1. The van der Waals surface area contributed by atoms with Crippen LogP contribution < -0.4 is 0 Å². The molecule has 0 aliphatic rings. The van der Waals surface area contributed by atoms with Crippen molar-refractivity contribution in [3.63, 3.8) is 0 Å². The molecule has 16 heavy (non-hydrogen) atoms. The number of halogens is 1. The average Bonchev–Trinajstić information content (AvgIpc) is 2.29. The number of rotatable bonds is 7. The molecule has 1 rings (SSSR count). The molecule has 0 amide bonds. The number of nitrogens with zero attached hydrogens (tertiary/aromatic N) is 1. The van der Waals surface area contributed by atoms with Crippen molar-refractivity contribution in [2.75, 3.05) is 0 Å². The highest BCUT2D eigenvalue weighted by Crippen LogP contribution is 2.10. The van der Waals surface area contributed by atoms with Gasteiger partial charge in [0.2, 0.25) is 0 Å². The van der Waals surface area contributed by atoms with E-state index in [1.807, 2.05) is 6.08 Å². The molecule has 0 N–H and O–H groups in total. The van der Waals surface area contributed by atoms with E-state index in [2.05, 4.69) is 11.6 Å². The summed E-state index contributed by atoms with van der Waals surface area (Å²) >= 11 is 5.69. The van der Waals surface area contributed by atoms with Gasteiger partial charge in [-0.2, -0.15) is 0 Å². The zero-order chi connectivity index (χ0) is 11.8. The highest BCUT2D eigenvalue weighted by atomic mass is 35.5. The zero-order valence-corrected chi connectivity index (χ0v) is 10.0. The Morgan fingerprint density at radius 2 is 2.19 bits per heavy atom. The van der Waals surface area contributed by atoms with Gasteiger partial charge < -0.3 is 0 Å². The molecule has 0 bridgehead atoms. The maximum Gasteiger partial charge on any atom is 0.181 e. The molecule has 86 valence electrons. The first-order chi connectivity index (χ1) is 7.74. The smallest absolute Gasteiger partial charge is 0.181 e. The molecule has 3 heteroatoms. The second-order valence-corrected chi connectivity index (χ2v) is 4.11. The largest absolute Gasteiger partial charge is 0.292 e. The first kappa shape index (κ1) is 12.9. The van der Waals surface area contributed by atoms with Crippen LogP contribution in [0.3, 0.4) is 0 Å². The van der Waals surface area contributed by atoms with E-state index in [1.54, 1.807) is 12.1 Å². The van der Waals surface area contributed by atoms with Gasteiger partial charge in [0.15, 0.2) is 5.78 Å². The molecule has 2 nitrogen and oxygen atoms in total. The molecule has 1 heterocycles. The van der Waals surface area contributed by atoms with E-state index >= 15 is 0 Å². The number of hydrogen-bond donors (Lipinski definition) is 0. The van der Waals surface area contributed by atoms with E-state index in [1.165, 1.54) is 6.20 Å². The summed E-state index contributed by atoms with van der Waals surface area (Å²) in [6.07, 6.45) is 8.07. The van der Waals surface area contributed by atoms with Gasteiger partial charge in [0.05, 0.1) is 5.02 Å². The molecule has 1 aromatic rings. The summed E-state index contributed by atoms with van der Waals surface area (Å²) in [5.41, 5.74) is 0.508. The van der Waals surface area contributed by atoms with E-state index in [0.717, 1.165) is 25.7 Å². The van der Waals surface area contributed by atoms with Gasteiger partial charge in [0.1, 0.15) is 5.69 Å². The Kier molecular flexibility index (Phi) is 5.79.